The van der Waals surface area contributed by atoms with Crippen LogP contribution in [-0.2, 0) is 23.4 Å². The fraction of sp³-hybridized carbons (Fsp3) is 0.588. The lowest BCUT2D eigenvalue weighted by Gasteiger charge is -2.48. The normalized spacial score (nSPS) is 19.8. The number of carbonyl (C=O) groups is 1. The average Bonchev–Trinajstić information content (AvgIpc) is 3.26. The highest BCUT2D eigenvalue weighted by atomic mass is 16.5. The Labute approximate surface area is 146 Å². The fourth-order valence-corrected chi connectivity index (χ4v) is 4.19. The largest absolute Gasteiger partial charge is 0.472 e. The molecule has 2 aromatic rings. The zero-order valence-electron chi connectivity index (χ0n) is 14.6. The molecule has 1 fully saturated rings. The summed E-state index contributed by atoms with van der Waals surface area (Å²) >= 11 is 0. The van der Waals surface area contributed by atoms with Crippen molar-refractivity contribution in [3.63, 3.8) is 0 Å². The Bertz CT molecular complexity index is 746. The molecule has 2 aromatic heterocycles. The summed E-state index contributed by atoms with van der Waals surface area (Å²) < 4.78 is 12.4. The van der Waals surface area contributed by atoms with Gasteiger partial charge in [0, 0.05) is 31.7 Å². The Hall–Kier alpha value is -2.35. The number of hydrogen-bond donors (Lipinski definition) is 0. The molecule has 2 aliphatic rings. The third-order valence-electron chi connectivity index (χ3n) is 5.39. The van der Waals surface area contributed by atoms with Gasteiger partial charge in [-0.3, -0.25) is 9.80 Å². The third kappa shape index (κ3) is 2.80. The van der Waals surface area contributed by atoms with Gasteiger partial charge in [-0.25, -0.2) is 4.79 Å². The minimum Gasteiger partial charge on any atom is -0.472 e. The number of hydrogen-bond acceptors (Lipinski definition) is 6. The Morgan fingerprint density at radius 3 is 2.84 bits per heavy atom. The molecule has 8 heteroatoms. The standard InChI is InChI=1S/C17H23N5O3/c1-13-18-19-15-10-21(16(23)24-2)12-17(22(13)15)4-6-20(7-5-17)9-14-3-8-25-11-14/h3,8,11H,4-7,9-10,12H2,1-2H3. The number of nitrogens with zero attached hydrogens (tertiary/aromatic N) is 5. The summed E-state index contributed by atoms with van der Waals surface area (Å²) in [6.45, 7) is 5.89. The van der Waals surface area contributed by atoms with Crippen LogP contribution in [0, 0.1) is 6.92 Å². The first-order chi connectivity index (χ1) is 12.1. The molecular formula is C17H23N5O3. The van der Waals surface area contributed by atoms with Gasteiger partial charge in [-0.1, -0.05) is 0 Å². The van der Waals surface area contributed by atoms with Crippen molar-refractivity contribution in [3.8, 4) is 0 Å². The number of furan rings is 1. The number of ether oxygens (including phenoxy) is 1. The molecule has 25 heavy (non-hydrogen) atoms. The van der Waals surface area contributed by atoms with Crippen LogP contribution in [0.2, 0.25) is 0 Å². The molecule has 1 amide bonds. The molecule has 8 nitrogen and oxygen atoms in total. The molecule has 0 atom stereocenters. The van der Waals surface area contributed by atoms with E-state index in [9.17, 15) is 4.79 Å². The number of rotatable bonds is 2. The lowest BCUT2D eigenvalue weighted by atomic mass is 9.84. The van der Waals surface area contributed by atoms with E-state index in [1.165, 1.54) is 12.7 Å². The molecule has 1 spiro atoms. The number of amides is 1. The summed E-state index contributed by atoms with van der Waals surface area (Å²) in [5, 5.41) is 8.55. The first-order valence-corrected chi connectivity index (χ1v) is 8.59. The zero-order valence-corrected chi connectivity index (χ0v) is 14.6. The molecule has 0 aliphatic carbocycles. The second kappa shape index (κ2) is 6.18. The van der Waals surface area contributed by atoms with Gasteiger partial charge in [0.2, 0.25) is 0 Å². The predicted octanol–water partition coefficient (Wildman–Crippen LogP) is 1.75. The number of methoxy groups -OCH3 is 1. The highest BCUT2D eigenvalue weighted by Crippen LogP contribution is 2.37. The molecule has 4 rings (SSSR count). The highest BCUT2D eigenvalue weighted by Gasteiger charge is 2.45. The summed E-state index contributed by atoms with van der Waals surface area (Å²) in [6.07, 6.45) is 5.11. The molecule has 0 bridgehead atoms. The van der Waals surface area contributed by atoms with Gasteiger partial charge < -0.3 is 13.7 Å². The van der Waals surface area contributed by atoms with Crippen molar-refractivity contribution in [2.24, 2.45) is 0 Å². The Balaban J connectivity index is 1.55. The quantitative estimate of drug-likeness (QED) is 0.825. The van der Waals surface area contributed by atoms with Crippen molar-refractivity contribution in [1.29, 1.82) is 0 Å². The molecule has 0 N–H and O–H groups in total. The smallest absolute Gasteiger partial charge is 0.409 e. The maximum atomic E-state index is 12.1. The van der Waals surface area contributed by atoms with Crippen LogP contribution in [0.1, 0.15) is 30.1 Å². The van der Waals surface area contributed by atoms with Gasteiger partial charge in [0.15, 0.2) is 5.82 Å². The van der Waals surface area contributed by atoms with Crippen molar-refractivity contribution in [2.45, 2.75) is 38.4 Å². The lowest BCUT2D eigenvalue weighted by Crippen LogP contribution is -2.57. The number of fused-ring (bicyclic) bond motifs is 2. The predicted molar refractivity (Wildman–Crippen MR) is 88.8 cm³/mol. The second-order valence-corrected chi connectivity index (χ2v) is 6.96. The van der Waals surface area contributed by atoms with E-state index in [-0.39, 0.29) is 11.6 Å². The van der Waals surface area contributed by atoms with Crippen LogP contribution in [0.4, 0.5) is 4.79 Å². The maximum Gasteiger partial charge on any atom is 0.409 e. The van der Waals surface area contributed by atoms with E-state index in [1.54, 1.807) is 17.4 Å². The van der Waals surface area contributed by atoms with Gasteiger partial charge in [0.25, 0.3) is 0 Å². The number of carbonyl (C=O) groups excluding carboxylic acids is 1. The van der Waals surface area contributed by atoms with Crippen LogP contribution in [0.5, 0.6) is 0 Å². The Morgan fingerprint density at radius 2 is 2.16 bits per heavy atom. The van der Waals surface area contributed by atoms with Gasteiger partial charge in [-0.2, -0.15) is 0 Å². The number of piperidine rings is 1. The summed E-state index contributed by atoms with van der Waals surface area (Å²) in [5.41, 5.74) is 1.04. The Kier molecular flexibility index (Phi) is 3.99. The zero-order chi connectivity index (χ0) is 17.4. The van der Waals surface area contributed by atoms with E-state index in [0.717, 1.165) is 44.1 Å². The first-order valence-electron chi connectivity index (χ1n) is 8.59. The van der Waals surface area contributed by atoms with Gasteiger partial charge in [-0.15, -0.1) is 10.2 Å². The van der Waals surface area contributed by atoms with Crippen molar-refractivity contribution in [2.75, 3.05) is 26.7 Å². The van der Waals surface area contributed by atoms with E-state index >= 15 is 0 Å². The topological polar surface area (TPSA) is 76.6 Å². The maximum absolute atomic E-state index is 12.1. The highest BCUT2D eigenvalue weighted by molar-refractivity contribution is 5.67. The van der Waals surface area contributed by atoms with E-state index in [0.29, 0.717) is 13.1 Å². The van der Waals surface area contributed by atoms with Crippen LogP contribution in [0.3, 0.4) is 0 Å². The van der Waals surface area contributed by atoms with Crippen molar-refractivity contribution in [3.05, 3.63) is 35.8 Å². The van der Waals surface area contributed by atoms with Gasteiger partial charge in [0.05, 0.1) is 31.7 Å². The Morgan fingerprint density at radius 1 is 1.36 bits per heavy atom. The summed E-state index contributed by atoms with van der Waals surface area (Å²) in [7, 11) is 1.42. The minimum absolute atomic E-state index is 0.151. The van der Waals surface area contributed by atoms with Crippen LogP contribution in [0.15, 0.2) is 23.0 Å². The molecule has 0 radical (unpaired) electrons. The molecular weight excluding hydrogens is 322 g/mol. The fourth-order valence-electron chi connectivity index (χ4n) is 4.19. The van der Waals surface area contributed by atoms with E-state index in [1.807, 2.05) is 13.0 Å². The number of aryl methyl sites for hydroxylation is 1. The first kappa shape index (κ1) is 16.1. The van der Waals surface area contributed by atoms with E-state index < -0.39 is 0 Å². The van der Waals surface area contributed by atoms with Crippen molar-refractivity contribution in [1.82, 2.24) is 24.6 Å². The summed E-state index contributed by atoms with van der Waals surface area (Å²) in [6, 6.07) is 2.01. The van der Waals surface area contributed by atoms with Gasteiger partial charge in [0.1, 0.15) is 5.82 Å². The molecule has 1 saturated heterocycles. The molecule has 134 valence electrons. The molecule has 4 heterocycles. The number of likely N-dealkylation sites (tertiary alicyclic amines) is 1. The van der Waals surface area contributed by atoms with Crippen LogP contribution in [0.25, 0.3) is 0 Å². The average molecular weight is 345 g/mol. The SMILES string of the molecule is COC(=O)N1Cc2nnc(C)n2C2(CCN(Cc3ccoc3)CC2)C1. The third-order valence-corrected chi connectivity index (χ3v) is 5.39. The van der Waals surface area contributed by atoms with E-state index in [4.69, 9.17) is 9.15 Å². The summed E-state index contributed by atoms with van der Waals surface area (Å²) in [5.74, 6) is 1.76. The van der Waals surface area contributed by atoms with Crippen LogP contribution >= 0.6 is 0 Å². The lowest BCUT2D eigenvalue weighted by molar-refractivity contribution is 0.0319. The monoisotopic (exact) mass is 345 g/mol. The molecule has 0 unspecified atom stereocenters. The number of aromatic nitrogens is 3. The van der Waals surface area contributed by atoms with Crippen molar-refractivity contribution < 1.29 is 13.9 Å². The van der Waals surface area contributed by atoms with Gasteiger partial charge >= 0.3 is 6.09 Å². The van der Waals surface area contributed by atoms with Crippen LogP contribution in [-0.4, -0.2) is 57.4 Å². The minimum atomic E-state index is -0.299. The molecule has 2 aliphatic heterocycles. The van der Waals surface area contributed by atoms with Crippen molar-refractivity contribution >= 4 is 6.09 Å². The summed E-state index contributed by atoms with van der Waals surface area (Å²) in [4.78, 5) is 16.3. The molecule has 0 saturated carbocycles. The molecule has 0 aromatic carbocycles. The van der Waals surface area contributed by atoms with Gasteiger partial charge in [-0.05, 0) is 25.8 Å². The van der Waals surface area contributed by atoms with E-state index in [2.05, 4.69) is 19.7 Å². The van der Waals surface area contributed by atoms with Crippen LogP contribution < -0.4 is 0 Å². The second-order valence-electron chi connectivity index (χ2n) is 6.96.